The molecule has 1 fully saturated rings. The molecule has 0 amide bonds. The predicted octanol–water partition coefficient (Wildman–Crippen LogP) is 3.56. The largest absolute Gasteiger partial charge is 0.310 e. The number of aryl methyl sites for hydroxylation is 1. The van der Waals surface area contributed by atoms with Gasteiger partial charge in [-0.3, -0.25) is 4.98 Å². The average Bonchev–Trinajstić information content (AvgIpc) is 2.41. The van der Waals surface area contributed by atoms with Crippen LogP contribution in [-0.2, 0) is 6.54 Å². The minimum absolute atomic E-state index is 0.158. The van der Waals surface area contributed by atoms with Crippen molar-refractivity contribution in [2.75, 3.05) is 0 Å². The Labute approximate surface area is 119 Å². The summed E-state index contributed by atoms with van der Waals surface area (Å²) in [4.78, 5) is 4.30. The van der Waals surface area contributed by atoms with Gasteiger partial charge in [-0.1, -0.05) is 18.2 Å². The lowest BCUT2D eigenvalue weighted by atomic mass is 9.76. The Hall–Kier alpha value is -1.74. The number of benzene rings is 1. The van der Waals surface area contributed by atoms with Crippen LogP contribution in [0.25, 0.3) is 0 Å². The summed E-state index contributed by atoms with van der Waals surface area (Å²) in [5, 5.41) is 3.57. The molecule has 1 aliphatic rings. The van der Waals surface area contributed by atoms with E-state index in [0.717, 1.165) is 25.1 Å². The van der Waals surface area contributed by atoms with Crippen molar-refractivity contribution in [2.24, 2.45) is 0 Å². The molecule has 3 rings (SSSR count). The molecule has 1 aromatic carbocycles. The normalized spacial score (nSPS) is 21.5. The van der Waals surface area contributed by atoms with Crippen LogP contribution in [0.4, 0.5) is 4.39 Å². The zero-order valence-corrected chi connectivity index (χ0v) is 11.6. The summed E-state index contributed by atoms with van der Waals surface area (Å²) < 4.78 is 12.9. The molecule has 1 saturated carbocycles. The molecule has 0 unspecified atom stereocenters. The van der Waals surface area contributed by atoms with Crippen molar-refractivity contribution in [2.45, 2.75) is 38.3 Å². The van der Waals surface area contributed by atoms with Gasteiger partial charge in [0.2, 0.25) is 0 Å². The number of halogens is 1. The van der Waals surface area contributed by atoms with Gasteiger partial charge in [-0.15, -0.1) is 0 Å². The fourth-order valence-corrected chi connectivity index (χ4v) is 2.75. The summed E-state index contributed by atoms with van der Waals surface area (Å²) in [5.74, 6) is 0.415. The van der Waals surface area contributed by atoms with Crippen LogP contribution in [0.3, 0.4) is 0 Å². The second-order valence-electron chi connectivity index (χ2n) is 5.55. The van der Waals surface area contributed by atoms with Crippen molar-refractivity contribution in [1.29, 1.82) is 0 Å². The Kier molecular flexibility index (Phi) is 3.79. The van der Waals surface area contributed by atoms with E-state index in [4.69, 9.17) is 0 Å². The van der Waals surface area contributed by atoms with E-state index in [2.05, 4.69) is 16.4 Å². The van der Waals surface area contributed by atoms with Crippen LogP contribution >= 0.6 is 0 Å². The third-order valence-corrected chi connectivity index (χ3v) is 4.18. The lowest BCUT2D eigenvalue weighted by Gasteiger charge is -2.36. The van der Waals surface area contributed by atoms with E-state index < -0.39 is 0 Å². The highest BCUT2D eigenvalue weighted by Gasteiger charge is 2.29. The highest BCUT2D eigenvalue weighted by atomic mass is 19.1. The maximum Gasteiger partial charge on any atom is 0.123 e. The molecule has 2 nitrogen and oxygen atoms in total. The number of hydrogen-bond acceptors (Lipinski definition) is 2. The van der Waals surface area contributed by atoms with Gasteiger partial charge in [-0.25, -0.2) is 4.39 Å². The van der Waals surface area contributed by atoms with E-state index in [1.165, 1.54) is 11.1 Å². The van der Waals surface area contributed by atoms with Gasteiger partial charge >= 0.3 is 0 Å². The topological polar surface area (TPSA) is 24.9 Å². The highest BCUT2D eigenvalue weighted by molar-refractivity contribution is 5.24. The smallest absolute Gasteiger partial charge is 0.123 e. The molecule has 3 heteroatoms. The number of nitrogens with zero attached hydrogens (tertiary/aromatic N) is 1. The fraction of sp³-hybridized carbons (Fsp3) is 0.353. The van der Waals surface area contributed by atoms with E-state index in [9.17, 15) is 4.39 Å². The minimum Gasteiger partial charge on any atom is -0.310 e. The first kappa shape index (κ1) is 13.3. The SMILES string of the molecule is Cc1ncccc1CNC1CC(c2ccc(F)cc2)C1. The molecule has 0 atom stereocenters. The lowest BCUT2D eigenvalue weighted by Crippen LogP contribution is -2.39. The van der Waals surface area contributed by atoms with Crippen molar-refractivity contribution in [3.63, 3.8) is 0 Å². The number of rotatable bonds is 4. The third kappa shape index (κ3) is 2.88. The van der Waals surface area contributed by atoms with Crippen molar-refractivity contribution in [1.82, 2.24) is 10.3 Å². The Morgan fingerprint density at radius 2 is 1.95 bits per heavy atom. The molecule has 104 valence electrons. The number of pyridine rings is 1. The van der Waals surface area contributed by atoms with E-state index in [1.807, 2.05) is 31.3 Å². The van der Waals surface area contributed by atoms with Crippen LogP contribution in [0.2, 0.25) is 0 Å². The first-order valence-corrected chi connectivity index (χ1v) is 7.11. The molecule has 0 bridgehead atoms. The van der Waals surface area contributed by atoms with Gasteiger partial charge in [0, 0.05) is 24.5 Å². The van der Waals surface area contributed by atoms with Crippen LogP contribution in [0.15, 0.2) is 42.6 Å². The summed E-state index contributed by atoms with van der Waals surface area (Å²) in [7, 11) is 0. The first-order valence-electron chi connectivity index (χ1n) is 7.11. The molecule has 1 N–H and O–H groups in total. The molecule has 0 spiro atoms. The van der Waals surface area contributed by atoms with E-state index >= 15 is 0 Å². The quantitative estimate of drug-likeness (QED) is 0.918. The molecule has 1 aromatic heterocycles. The molecule has 0 aliphatic heterocycles. The Bertz CT molecular complexity index is 574. The van der Waals surface area contributed by atoms with Gasteiger partial charge in [0.25, 0.3) is 0 Å². The molecular formula is C17H19FN2. The van der Waals surface area contributed by atoms with Gasteiger partial charge < -0.3 is 5.32 Å². The third-order valence-electron chi connectivity index (χ3n) is 4.18. The monoisotopic (exact) mass is 270 g/mol. The van der Waals surface area contributed by atoms with Crippen LogP contribution in [0.1, 0.15) is 35.6 Å². The summed E-state index contributed by atoms with van der Waals surface area (Å²) in [6, 6.07) is 11.6. The Balaban J connectivity index is 1.49. The number of aromatic nitrogens is 1. The molecule has 1 heterocycles. The maximum absolute atomic E-state index is 12.9. The van der Waals surface area contributed by atoms with Crippen LogP contribution in [0.5, 0.6) is 0 Å². The van der Waals surface area contributed by atoms with Crippen molar-refractivity contribution in [3.05, 3.63) is 65.2 Å². The van der Waals surface area contributed by atoms with Gasteiger partial charge in [-0.05, 0) is 55.0 Å². The van der Waals surface area contributed by atoms with E-state index in [0.29, 0.717) is 12.0 Å². The van der Waals surface area contributed by atoms with Crippen LogP contribution in [-0.4, -0.2) is 11.0 Å². The average molecular weight is 270 g/mol. The second-order valence-corrected chi connectivity index (χ2v) is 5.55. The Morgan fingerprint density at radius 1 is 1.20 bits per heavy atom. The molecule has 0 radical (unpaired) electrons. The van der Waals surface area contributed by atoms with Crippen molar-refractivity contribution in [3.8, 4) is 0 Å². The Morgan fingerprint density at radius 3 is 2.65 bits per heavy atom. The van der Waals surface area contributed by atoms with Gasteiger partial charge in [0.1, 0.15) is 5.82 Å². The van der Waals surface area contributed by atoms with Crippen LogP contribution in [0, 0.1) is 12.7 Å². The summed E-state index contributed by atoms with van der Waals surface area (Å²) in [6.45, 7) is 2.92. The highest BCUT2D eigenvalue weighted by Crippen LogP contribution is 2.36. The molecule has 2 aromatic rings. The van der Waals surface area contributed by atoms with E-state index in [1.54, 1.807) is 12.1 Å². The molecule has 1 aliphatic carbocycles. The summed E-state index contributed by atoms with van der Waals surface area (Å²) in [5.41, 5.74) is 3.61. The first-order chi connectivity index (χ1) is 9.72. The standard InChI is InChI=1S/C17H19FN2/c1-12-14(3-2-8-19-12)11-20-17-9-15(10-17)13-4-6-16(18)7-5-13/h2-8,15,17,20H,9-11H2,1H3. The fourth-order valence-electron chi connectivity index (χ4n) is 2.75. The molecule has 0 saturated heterocycles. The van der Waals surface area contributed by atoms with Crippen molar-refractivity contribution >= 4 is 0 Å². The minimum atomic E-state index is -0.158. The molecular weight excluding hydrogens is 251 g/mol. The molecule has 20 heavy (non-hydrogen) atoms. The van der Waals surface area contributed by atoms with E-state index in [-0.39, 0.29) is 5.82 Å². The predicted molar refractivity (Wildman–Crippen MR) is 78.0 cm³/mol. The van der Waals surface area contributed by atoms with Crippen molar-refractivity contribution < 1.29 is 4.39 Å². The van der Waals surface area contributed by atoms with Crippen LogP contribution < -0.4 is 5.32 Å². The lowest BCUT2D eigenvalue weighted by molar-refractivity contribution is 0.289. The second kappa shape index (κ2) is 5.71. The summed E-state index contributed by atoms with van der Waals surface area (Å²) in [6.07, 6.45) is 4.09. The van der Waals surface area contributed by atoms with Gasteiger partial charge in [0.15, 0.2) is 0 Å². The zero-order chi connectivity index (χ0) is 13.9. The van der Waals surface area contributed by atoms with Gasteiger partial charge in [0.05, 0.1) is 0 Å². The maximum atomic E-state index is 12.9. The van der Waals surface area contributed by atoms with Gasteiger partial charge in [-0.2, -0.15) is 0 Å². The zero-order valence-electron chi connectivity index (χ0n) is 11.6. The number of nitrogens with one attached hydrogen (secondary N) is 1. The number of hydrogen-bond donors (Lipinski definition) is 1. The summed E-state index contributed by atoms with van der Waals surface area (Å²) >= 11 is 0.